The highest BCUT2D eigenvalue weighted by atomic mass is 35.5. The fourth-order valence-electron chi connectivity index (χ4n) is 6.12. The van der Waals surface area contributed by atoms with Crippen LogP contribution in [0.3, 0.4) is 0 Å². The number of halogens is 2. The lowest BCUT2D eigenvalue weighted by molar-refractivity contribution is -0.129. The molecule has 0 bridgehead atoms. The van der Waals surface area contributed by atoms with E-state index in [1.165, 1.54) is 6.08 Å². The fourth-order valence-corrected chi connectivity index (χ4v) is 6.44. The number of nitrogens with one attached hydrogen (secondary N) is 3. The fraction of sp³-hybridized carbons (Fsp3) is 0.312. The standard InChI is InChI=1S/C32H35ClFN7O3/c1-6-22(43)40-12-17(4)41-19(13-40)14-44-31-25(32(41)37)30(39-28-16(3)9-10-38-29(28)18(5)42)26(33)24(27(31)34)23-15(2)7-8-21(36)20(23)11-35/h6-11,17-19,35,37,39,42H,1,12-14,36H2,2-5H3. The number of anilines is 3. The Bertz CT molecular complexity index is 1710. The summed E-state index contributed by atoms with van der Waals surface area (Å²) in [7, 11) is 0. The van der Waals surface area contributed by atoms with Crippen molar-refractivity contribution in [1.29, 1.82) is 10.8 Å². The first-order chi connectivity index (χ1) is 20.9. The molecule has 12 heteroatoms. The number of amides is 1. The Morgan fingerprint density at radius 2 is 1.98 bits per heavy atom. The number of benzene rings is 2. The number of carbonyl (C=O) groups excluding carboxylic acids is 1. The highest BCUT2D eigenvalue weighted by molar-refractivity contribution is 6.38. The minimum atomic E-state index is -0.953. The number of rotatable bonds is 6. The Labute approximate surface area is 260 Å². The number of nitrogen functional groups attached to an aromatic ring is 1. The van der Waals surface area contributed by atoms with E-state index >= 15 is 4.39 Å². The van der Waals surface area contributed by atoms with Gasteiger partial charge in [-0.05, 0) is 57.0 Å². The molecule has 1 amide bonds. The molecule has 230 valence electrons. The van der Waals surface area contributed by atoms with Crippen molar-refractivity contribution >= 4 is 46.6 Å². The number of amidine groups is 1. The van der Waals surface area contributed by atoms with Crippen LogP contribution in [0, 0.1) is 30.5 Å². The van der Waals surface area contributed by atoms with Gasteiger partial charge in [0.05, 0.1) is 39.8 Å². The van der Waals surface area contributed by atoms with Gasteiger partial charge in [-0.25, -0.2) is 4.39 Å². The van der Waals surface area contributed by atoms with Crippen molar-refractivity contribution in [3.05, 3.63) is 75.8 Å². The number of pyridine rings is 1. The van der Waals surface area contributed by atoms with Gasteiger partial charge >= 0.3 is 0 Å². The Morgan fingerprint density at radius 1 is 1.25 bits per heavy atom. The van der Waals surface area contributed by atoms with Crippen molar-refractivity contribution in [3.63, 3.8) is 0 Å². The third-order valence-corrected chi connectivity index (χ3v) is 8.61. The summed E-state index contributed by atoms with van der Waals surface area (Å²) in [4.78, 5) is 20.3. The van der Waals surface area contributed by atoms with Crippen LogP contribution in [-0.4, -0.2) is 69.6 Å². The zero-order chi connectivity index (χ0) is 32.0. The van der Waals surface area contributed by atoms with E-state index in [9.17, 15) is 15.3 Å². The number of nitrogens with zero attached hydrogens (tertiary/aromatic N) is 3. The molecule has 0 spiro atoms. The van der Waals surface area contributed by atoms with Crippen LogP contribution in [0.15, 0.2) is 37.1 Å². The van der Waals surface area contributed by atoms with E-state index in [0.717, 1.165) is 11.8 Å². The Hall–Kier alpha value is -4.48. The van der Waals surface area contributed by atoms with Crippen LogP contribution in [0.4, 0.5) is 21.5 Å². The van der Waals surface area contributed by atoms with Crippen LogP contribution in [0.25, 0.3) is 11.1 Å². The summed E-state index contributed by atoms with van der Waals surface area (Å²) < 4.78 is 23.1. The number of ether oxygens (including phenoxy) is 1. The molecule has 0 saturated carbocycles. The molecule has 0 aliphatic carbocycles. The van der Waals surface area contributed by atoms with Crippen molar-refractivity contribution in [3.8, 4) is 16.9 Å². The van der Waals surface area contributed by atoms with Crippen LogP contribution in [0.5, 0.6) is 5.75 Å². The van der Waals surface area contributed by atoms with Gasteiger partial charge in [0, 0.05) is 53.9 Å². The number of fused-ring (bicyclic) bond motifs is 2. The molecule has 1 aromatic heterocycles. The van der Waals surface area contributed by atoms with Gasteiger partial charge < -0.3 is 36.1 Å². The van der Waals surface area contributed by atoms with Crippen molar-refractivity contribution in [2.75, 3.05) is 30.7 Å². The van der Waals surface area contributed by atoms with Crippen molar-refractivity contribution in [2.45, 2.75) is 45.9 Å². The van der Waals surface area contributed by atoms with Crippen LogP contribution in [0.2, 0.25) is 5.02 Å². The predicted molar refractivity (Wildman–Crippen MR) is 171 cm³/mol. The number of piperazine rings is 1. The molecule has 2 aromatic carbocycles. The second-order valence-corrected chi connectivity index (χ2v) is 11.6. The number of carbonyl (C=O) groups is 1. The van der Waals surface area contributed by atoms with Gasteiger partial charge in [-0.2, -0.15) is 0 Å². The second-order valence-electron chi connectivity index (χ2n) is 11.2. The zero-order valence-electron chi connectivity index (χ0n) is 25.0. The smallest absolute Gasteiger partial charge is 0.246 e. The predicted octanol–water partition coefficient (Wildman–Crippen LogP) is 5.34. The zero-order valence-corrected chi connectivity index (χ0v) is 25.7. The molecule has 44 heavy (non-hydrogen) atoms. The minimum absolute atomic E-state index is 0.0176. The minimum Gasteiger partial charge on any atom is -0.487 e. The monoisotopic (exact) mass is 619 g/mol. The molecular weight excluding hydrogens is 585 g/mol. The normalized spacial score (nSPS) is 18.5. The van der Waals surface area contributed by atoms with Gasteiger partial charge in [0.1, 0.15) is 12.4 Å². The molecule has 3 atom stereocenters. The molecule has 1 saturated heterocycles. The lowest BCUT2D eigenvalue weighted by atomic mass is 9.91. The maximum atomic E-state index is 16.9. The average Bonchev–Trinajstić information content (AvgIpc) is 3.13. The van der Waals surface area contributed by atoms with E-state index in [1.54, 1.807) is 43.1 Å². The first-order valence-corrected chi connectivity index (χ1v) is 14.6. The molecule has 3 aromatic rings. The molecule has 10 nitrogen and oxygen atoms in total. The summed E-state index contributed by atoms with van der Waals surface area (Å²) in [6, 6.07) is 4.35. The van der Waals surface area contributed by atoms with Gasteiger partial charge in [-0.15, -0.1) is 0 Å². The molecule has 6 N–H and O–H groups in total. The third-order valence-electron chi connectivity index (χ3n) is 8.24. The molecule has 1 fully saturated rings. The highest BCUT2D eigenvalue weighted by Gasteiger charge is 2.42. The van der Waals surface area contributed by atoms with Gasteiger partial charge in [-0.1, -0.05) is 24.2 Å². The van der Waals surface area contributed by atoms with Crippen LogP contribution in [0.1, 0.15) is 47.9 Å². The molecule has 5 rings (SSSR count). The van der Waals surface area contributed by atoms with Crippen molar-refractivity contribution in [1.82, 2.24) is 14.8 Å². The van der Waals surface area contributed by atoms with Gasteiger partial charge in [0.25, 0.3) is 0 Å². The van der Waals surface area contributed by atoms with E-state index in [2.05, 4.69) is 16.9 Å². The molecular formula is C32H35ClFN7O3. The van der Waals surface area contributed by atoms with E-state index in [1.807, 2.05) is 18.7 Å². The molecule has 0 radical (unpaired) electrons. The molecule has 3 heterocycles. The molecule has 3 unspecified atom stereocenters. The van der Waals surface area contributed by atoms with Crippen LogP contribution < -0.4 is 15.8 Å². The number of aliphatic hydroxyl groups is 1. The molecule has 2 aliphatic rings. The summed E-state index contributed by atoms with van der Waals surface area (Å²) in [5, 5.41) is 31.3. The maximum absolute atomic E-state index is 16.9. The molecule has 2 aliphatic heterocycles. The second kappa shape index (κ2) is 11.9. The Balaban J connectivity index is 1.81. The number of hydrogen-bond acceptors (Lipinski definition) is 8. The summed E-state index contributed by atoms with van der Waals surface area (Å²) in [6.45, 7) is 11.2. The quantitative estimate of drug-likeness (QED) is 0.142. The van der Waals surface area contributed by atoms with Crippen molar-refractivity contribution < 1.29 is 19.0 Å². The van der Waals surface area contributed by atoms with E-state index < -0.39 is 18.0 Å². The number of aryl methyl sites for hydroxylation is 2. The van der Waals surface area contributed by atoms with Crippen molar-refractivity contribution in [2.24, 2.45) is 0 Å². The Morgan fingerprint density at radius 3 is 2.64 bits per heavy atom. The van der Waals surface area contributed by atoms with E-state index in [4.69, 9.17) is 27.5 Å². The topological polar surface area (TPSA) is 152 Å². The lowest BCUT2D eigenvalue weighted by Gasteiger charge is -2.45. The number of hydrogen-bond donors (Lipinski definition) is 5. The third kappa shape index (κ3) is 5.05. The van der Waals surface area contributed by atoms with Crippen LogP contribution in [-0.2, 0) is 4.79 Å². The van der Waals surface area contributed by atoms with E-state index in [0.29, 0.717) is 29.1 Å². The van der Waals surface area contributed by atoms with Gasteiger partial charge in [-0.3, -0.25) is 15.2 Å². The maximum Gasteiger partial charge on any atom is 0.246 e. The van der Waals surface area contributed by atoms with E-state index in [-0.39, 0.29) is 69.8 Å². The summed E-state index contributed by atoms with van der Waals surface area (Å²) in [5.74, 6) is -1.27. The van der Waals surface area contributed by atoms with Gasteiger partial charge in [0.15, 0.2) is 11.6 Å². The summed E-state index contributed by atoms with van der Waals surface area (Å²) in [5.41, 5.74) is 9.46. The highest BCUT2D eigenvalue weighted by Crippen LogP contribution is 2.49. The summed E-state index contributed by atoms with van der Waals surface area (Å²) >= 11 is 7.15. The Kier molecular flexibility index (Phi) is 8.37. The van der Waals surface area contributed by atoms with Gasteiger partial charge in [0.2, 0.25) is 5.91 Å². The van der Waals surface area contributed by atoms with Crippen LogP contribution >= 0.6 is 11.6 Å². The number of aliphatic hydroxyl groups excluding tert-OH is 1. The first-order valence-electron chi connectivity index (χ1n) is 14.2. The lowest BCUT2D eigenvalue weighted by Crippen LogP contribution is -2.61. The average molecular weight is 620 g/mol. The largest absolute Gasteiger partial charge is 0.487 e. The SMILES string of the molecule is C=CC(=O)N1CC(C)N2C(=N)c3c(Nc4c(C)ccnc4C(C)O)c(Cl)c(-c4c(C)ccc(N)c4C=N)c(F)c3OCC2C1. The summed E-state index contributed by atoms with van der Waals surface area (Å²) in [6.07, 6.45) is 2.93. The number of nitrogens with two attached hydrogens (primary N) is 1. The first kappa shape index (κ1) is 31.0. The number of aromatic nitrogens is 1.